The van der Waals surface area contributed by atoms with Crippen LogP contribution in [0.15, 0.2) is 54.7 Å². The average Bonchev–Trinajstić information content (AvgIpc) is 3.03. The molecule has 4 heteroatoms. The molecule has 0 fully saturated rings. The number of hydrogen-bond acceptors (Lipinski definition) is 3. The molecule has 1 aromatic heterocycles. The average molecular weight is 319 g/mol. The highest BCUT2D eigenvalue weighted by atomic mass is 16.1. The Morgan fingerprint density at radius 2 is 1.96 bits per heavy atom. The van der Waals surface area contributed by atoms with Crippen molar-refractivity contribution in [2.24, 2.45) is 5.73 Å². The molecule has 0 saturated heterocycles. The first-order valence-electron chi connectivity index (χ1n) is 8.39. The second-order valence-corrected chi connectivity index (χ2v) is 6.41. The van der Waals surface area contributed by atoms with E-state index in [0.29, 0.717) is 6.42 Å². The lowest BCUT2D eigenvalue weighted by atomic mass is 9.88. The lowest BCUT2D eigenvalue weighted by Crippen LogP contribution is -2.44. The monoisotopic (exact) mass is 319 g/mol. The number of benzene rings is 2. The van der Waals surface area contributed by atoms with Gasteiger partial charge in [-0.1, -0.05) is 42.5 Å². The van der Waals surface area contributed by atoms with Crippen LogP contribution in [0.25, 0.3) is 10.9 Å². The van der Waals surface area contributed by atoms with Crippen LogP contribution in [0.1, 0.15) is 22.7 Å². The lowest BCUT2D eigenvalue weighted by Gasteiger charge is -2.27. The molecule has 122 valence electrons. The van der Waals surface area contributed by atoms with E-state index >= 15 is 0 Å². The van der Waals surface area contributed by atoms with Crippen molar-refractivity contribution in [2.75, 3.05) is 6.54 Å². The van der Waals surface area contributed by atoms with E-state index in [-0.39, 0.29) is 11.8 Å². The minimum Gasteiger partial charge on any atom is -0.361 e. The van der Waals surface area contributed by atoms with Crippen molar-refractivity contribution in [1.29, 1.82) is 0 Å². The Balaban J connectivity index is 1.57. The number of Topliss-reactive ketones (excluding diaryl/α,β-unsaturated/α-hetero) is 1. The molecule has 0 amide bonds. The number of para-hydroxylation sites is 1. The fraction of sp³-hybridized carbons (Fsp3) is 0.250. The Bertz CT molecular complexity index is 883. The number of ketones is 1. The quantitative estimate of drug-likeness (QED) is 0.692. The third-order valence-electron chi connectivity index (χ3n) is 4.87. The SMILES string of the molecule is NC(Cc1c[nH]c2ccccc12)C(=O)C1NCCc2ccccc21. The van der Waals surface area contributed by atoms with Gasteiger partial charge in [-0.2, -0.15) is 0 Å². The molecule has 24 heavy (non-hydrogen) atoms. The van der Waals surface area contributed by atoms with Crippen LogP contribution in [-0.4, -0.2) is 23.4 Å². The summed E-state index contributed by atoms with van der Waals surface area (Å²) in [7, 11) is 0. The van der Waals surface area contributed by atoms with E-state index in [1.807, 2.05) is 42.6 Å². The van der Waals surface area contributed by atoms with Gasteiger partial charge in [-0.25, -0.2) is 0 Å². The zero-order valence-electron chi connectivity index (χ0n) is 13.5. The van der Waals surface area contributed by atoms with Crippen molar-refractivity contribution < 1.29 is 4.79 Å². The molecule has 2 aromatic carbocycles. The zero-order chi connectivity index (χ0) is 16.5. The third kappa shape index (κ3) is 2.64. The summed E-state index contributed by atoms with van der Waals surface area (Å²) in [5.74, 6) is 0.0624. The van der Waals surface area contributed by atoms with Gasteiger partial charge in [0.15, 0.2) is 5.78 Å². The molecule has 1 aliphatic heterocycles. The molecule has 0 aliphatic carbocycles. The first kappa shape index (κ1) is 15.1. The van der Waals surface area contributed by atoms with Crippen LogP contribution in [0, 0.1) is 0 Å². The van der Waals surface area contributed by atoms with E-state index in [9.17, 15) is 4.79 Å². The normalized spacial score (nSPS) is 18.3. The van der Waals surface area contributed by atoms with E-state index in [1.54, 1.807) is 0 Å². The molecular weight excluding hydrogens is 298 g/mol. The Labute approximate surface area is 141 Å². The number of nitrogens with one attached hydrogen (secondary N) is 2. The highest BCUT2D eigenvalue weighted by Gasteiger charge is 2.29. The van der Waals surface area contributed by atoms with E-state index in [0.717, 1.165) is 35.0 Å². The molecule has 4 rings (SSSR count). The van der Waals surface area contributed by atoms with Crippen LogP contribution in [0.3, 0.4) is 0 Å². The molecule has 4 N–H and O–H groups in total. The standard InChI is InChI=1S/C20H21N3O/c21-17(11-14-12-23-18-8-4-3-6-15(14)18)20(24)19-16-7-2-1-5-13(16)9-10-22-19/h1-8,12,17,19,22-23H,9-11,21H2. The Morgan fingerprint density at radius 1 is 1.17 bits per heavy atom. The van der Waals surface area contributed by atoms with E-state index in [4.69, 9.17) is 5.73 Å². The molecule has 0 spiro atoms. The molecule has 0 bridgehead atoms. The maximum atomic E-state index is 12.9. The number of aromatic nitrogens is 1. The van der Waals surface area contributed by atoms with Crippen LogP contribution >= 0.6 is 0 Å². The summed E-state index contributed by atoms with van der Waals surface area (Å²) in [5, 5.41) is 4.47. The van der Waals surface area contributed by atoms with Gasteiger partial charge in [0.25, 0.3) is 0 Å². The first-order valence-corrected chi connectivity index (χ1v) is 8.39. The minimum absolute atomic E-state index is 0.0624. The van der Waals surface area contributed by atoms with Crippen molar-refractivity contribution in [1.82, 2.24) is 10.3 Å². The molecule has 2 heterocycles. The topological polar surface area (TPSA) is 70.9 Å². The molecule has 0 radical (unpaired) electrons. The maximum absolute atomic E-state index is 12.9. The number of carbonyl (C=O) groups is 1. The number of aromatic amines is 1. The number of fused-ring (bicyclic) bond motifs is 2. The summed E-state index contributed by atoms with van der Waals surface area (Å²) in [4.78, 5) is 16.2. The molecule has 0 saturated carbocycles. The number of carbonyl (C=O) groups excluding carboxylic acids is 1. The summed E-state index contributed by atoms with van der Waals surface area (Å²) in [5.41, 5.74) is 10.8. The van der Waals surface area contributed by atoms with E-state index < -0.39 is 6.04 Å². The van der Waals surface area contributed by atoms with Gasteiger partial charge in [0.1, 0.15) is 0 Å². The highest BCUT2D eigenvalue weighted by Crippen LogP contribution is 2.25. The molecule has 1 aliphatic rings. The van der Waals surface area contributed by atoms with Gasteiger partial charge >= 0.3 is 0 Å². The van der Waals surface area contributed by atoms with Crippen LogP contribution in [0.2, 0.25) is 0 Å². The van der Waals surface area contributed by atoms with Crippen LogP contribution < -0.4 is 11.1 Å². The Hall–Kier alpha value is -2.43. The smallest absolute Gasteiger partial charge is 0.171 e. The van der Waals surface area contributed by atoms with Crippen molar-refractivity contribution in [2.45, 2.75) is 24.9 Å². The highest BCUT2D eigenvalue weighted by molar-refractivity contribution is 5.91. The number of hydrogen-bond donors (Lipinski definition) is 3. The number of H-pyrrole nitrogens is 1. The molecule has 2 atom stereocenters. The summed E-state index contributed by atoms with van der Waals surface area (Å²) in [6.45, 7) is 0.813. The summed E-state index contributed by atoms with van der Waals surface area (Å²) >= 11 is 0. The minimum atomic E-state index is -0.520. The van der Waals surface area contributed by atoms with Gasteiger partial charge in [-0.05, 0) is 35.6 Å². The van der Waals surface area contributed by atoms with Gasteiger partial charge in [0.05, 0.1) is 12.1 Å². The molecule has 2 unspecified atom stereocenters. The van der Waals surface area contributed by atoms with Gasteiger partial charge in [0.2, 0.25) is 0 Å². The van der Waals surface area contributed by atoms with Gasteiger partial charge in [-0.3, -0.25) is 4.79 Å². The van der Waals surface area contributed by atoms with Gasteiger partial charge in [-0.15, -0.1) is 0 Å². The van der Waals surface area contributed by atoms with Crippen molar-refractivity contribution >= 4 is 16.7 Å². The van der Waals surface area contributed by atoms with Crippen molar-refractivity contribution in [3.63, 3.8) is 0 Å². The Kier molecular flexibility index (Phi) is 3.92. The second kappa shape index (κ2) is 6.23. The van der Waals surface area contributed by atoms with Crippen molar-refractivity contribution in [3.05, 3.63) is 71.4 Å². The van der Waals surface area contributed by atoms with Gasteiger partial charge in [0, 0.05) is 23.6 Å². The number of rotatable bonds is 4. The fourth-order valence-corrected chi connectivity index (χ4v) is 3.61. The molecule has 4 nitrogen and oxygen atoms in total. The van der Waals surface area contributed by atoms with E-state index in [2.05, 4.69) is 22.4 Å². The summed E-state index contributed by atoms with van der Waals surface area (Å²) in [6, 6.07) is 15.4. The first-order chi connectivity index (χ1) is 11.7. The number of nitrogens with two attached hydrogens (primary N) is 1. The maximum Gasteiger partial charge on any atom is 0.171 e. The predicted molar refractivity (Wildman–Crippen MR) is 95.9 cm³/mol. The van der Waals surface area contributed by atoms with E-state index in [1.165, 1.54) is 5.56 Å². The van der Waals surface area contributed by atoms with Crippen LogP contribution in [0.5, 0.6) is 0 Å². The van der Waals surface area contributed by atoms with Crippen LogP contribution in [0.4, 0.5) is 0 Å². The fourth-order valence-electron chi connectivity index (χ4n) is 3.61. The van der Waals surface area contributed by atoms with Crippen molar-refractivity contribution in [3.8, 4) is 0 Å². The Morgan fingerprint density at radius 3 is 2.88 bits per heavy atom. The third-order valence-corrected chi connectivity index (χ3v) is 4.87. The van der Waals surface area contributed by atoms with Gasteiger partial charge < -0.3 is 16.0 Å². The zero-order valence-corrected chi connectivity index (χ0v) is 13.5. The molecule has 3 aromatic rings. The summed E-state index contributed by atoms with van der Waals surface area (Å²) < 4.78 is 0. The second-order valence-electron chi connectivity index (χ2n) is 6.41. The molecular formula is C20H21N3O. The lowest BCUT2D eigenvalue weighted by molar-refractivity contribution is -0.122. The van der Waals surface area contributed by atoms with Crippen LogP contribution in [-0.2, 0) is 17.6 Å². The predicted octanol–water partition coefficient (Wildman–Crippen LogP) is 2.49. The largest absolute Gasteiger partial charge is 0.361 e. The summed E-state index contributed by atoms with van der Waals surface area (Å²) in [6.07, 6.45) is 3.46.